The number of likely N-dealkylation sites (tertiary alicyclic amines) is 1. The summed E-state index contributed by atoms with van der Waals surface area (Å²) in [4.78, 5) is 30.8. The molecule has 1 aromatic heterocycles. The maximum Gasteiger partial charge on any atom is 0.229 e. The van der Waals surface area contributed by atoms with Crippen molar-refractivity contribution in [2.45, 2.75) is 39.5 Å². The molecule has 2 heterocycles. The number of anilines is 1. The molecule has 7 heteroatoms. The first-order chi connectivity index (χ1) is 12.6. The fourth-order valence-corrected chi connectivity index (χ4v) is 4.08. The standard InChI is InChI=1S/C19H25N3O3S/c1-3-5-17(23)22-10-8-13(9-11-22)18(24)21-19-20-15-7-6-14(25-4-2)12-16(15)26-19/h6-7,12-13H,3-5,8-11H2,1-2H3,(H,20,21,24). The van der Waals surface area contributed by atoms with Gasteiger partial charge in [0.1, 0.15) is 5.75 Å². The van der Waals surface area contributed by atoms with Crippen LogP contribution >= 0.6 is 11.3 Å². The zero-order chi connectivity index (χ0) is 18.5. The predicted octanol–water partition coefficient (Wildman–Crippen LogP) is 3.67. The largest absolute Gasteiger partial charge is 0.494 e. The Balaban J connectivity index is 1.58. The third-order valence-electron chi connectivity index (χ3n) is 4.58. The van der Waals surface area contributed by atoms with Crippen LogP contribution in [0.2, 0.25) is 0 Å². The quantitative estimate of drug-likeness (QED) is 0.836. The van der Waals surface area contributed by atoms with Crippen molar-refractivity contribution in [3.05, 3.63) is 18.2 Å². The third kappa shape index (κ3) is 4.33. The number of nitrogens with one attached hydrogen (secondary N) is 1. The Morgan fingerprint density at radius 3 is 2.77 bits per heavy atom. The minimum Gasteiger partial charge on any atom is -0.494 e. The lowest BCUT2D eigenvalue weighted by molar-refractivity contribution is -0.134. The van der Waals surface area contributed by atoms with Gasteiger partial charge in [0.2, 0.25) is 11.8 Å². The Morgan fingerprint density at radius 1 is 1.31 bits per heavy atom. The molecule has 26 heavy (non-hydrogen) atoms. The molecule has 0 radical (unpaired) electrons. The summed E-state index contributed by atoms with van der Waals surface area (Å²) in [6.45, 7) is 5.90. The van der Waals surface area contributed by atoms with Gasteiger partial charge >= 0.3 is 0 Å². The lowest BCUT2D eigenvalue weighted by Crippen LogP contribution is -2.41. The summed E-state index contributed by atoms with van der Waals surface area (Å²) >= 11 is 1.45. The van der Waals surface area contributed by atoms with Gasteiger partial charge < -0.3 is 15.0 Å². The molecule has 1 N–H and O–H groups in total. The van der Waals surface area contributed by atoms with Crippen LogP contribution in [0, 0.1) is 5.92 Å². The second-order valence-corrected chi connectivity index (χ2v) is 7.51. The van der Waals surface area contributed by atoms with Gasteiger partial charge in [0.05, 0.1) is 16.8 Å². The monoisotopic (exact) mass is 375 g/mol. The molecule has 2 amide bonds. The second kappa shape index (κ2) is 8.49. The van der Waals surface area contributed by atoms with Crippen molar-refractivity contribution in [3.63, 3.8) is 0 Å². The number of amides is 2. The third-order valence-corrected chi connectivity index (χ3v) is 5.52. The van der Waals surface area contributed by atoms with Crippen molar-refractivity contribution in [3.8, 4) is 5.75 Å². The van der Waals surface area contributed by atoms with Crippen LogP contribution in [-0.4, -0.2) is 41.4 Å². The molecular formula is C19H25N3O3S. The Hall–Kier alpha value is -2.15. The van der Waals surface area contributed by atoms with Crippen LogP contribution < -0.4 is 10.1 Å². The van der Waals surface area contributed by atoms with Crippen LogP contribution in [0.5, 0.6) is 5.75 Å². The molecule has 0 spiro atoms. The lowest BCUT2D eigenvalue weighted by Gasteiger charge is -2.31. The Kier molecular flexibility index (Phi) is 6.08. The minimum atomic E-state index is -0.0633. The van der Waals surface area contributed by atoms with Crippen molar-refractivity contribution in [2.24, 2.45) is 5.92 Å². The smallest absolute Gasteiger partial charge is 0.229 e. The molecule has 0 bridgehead atoms. The Morgan fingerprint density at radius 2 is 2.08 bits per heavy atom. The first-order valence-electron chi connectivity index (χ1n) is 9.22. The molecule has 1 aliphatic heterocycles. The van der Waals surface area contributed by atoms with E-state index in [1.807, 2.05) is 36.9 Å². The molecule has 0 aliphatic carbocycles. The molecule has 0 atom stereocenters. The number of thiazole rings is 1. The number of hydrogen-bond acceptors (Lipinski definition) is 5. The van der Waals surface area contributed by atoms with E-state index in [4.69, 9.17) is 4.74 Å². The molecule has 1 fully saturated rings. The molecule has 0 saturated carbocycles. The van der Waals surface area contributed by atoms with Crippen LogP contribution in [0.25, 0.3) is 10.2 Å². The summed E-state index contributed by atoms with van der Waals surface area (Å²) in [5.41, 5.74) is 0.855. The van der Waals surface area contributed by atoms with Crippen LogP contribution in [0.15, 0.2) is 18.2 Å². The minimum absolute atomic E-state index is 0.00308. The molecule has 1 aromatic carbocycles. The zero-order valence-electron chi connectivity index (χ0n) is 15.3. The van der Waals surface area contributed by atoms with Gasteiger partial charge in [-0.05, 0) is 44.4 Å². The predicted molar refractivity (Wildman–Crippen MR) is 104 cm³/mol. The summed E-state index contributed by atoms with van der Waals surface area (Å²) in [5.74, 6) is 0.941. The molecule has 140 valence electrons. The van der Waals surface area contributed by atoms with Crippen molar-refractivity contribution >= 4 is 38.5 Å². The van der Waals surface area contributed by atoms with E-state index in [9.17, 15) is 9.59 Å². The highest BCUT2D eigenvalue weighted by Crippen LogP contribution is 2.30. The van der Waals surface area contributed by atoms with E-state index in [0.717, 1.165) is 22.4 Å². The van der Waals surface area contributed by atoms with Gasteiger partial charge in [0.15, 0.2) is 5.13 Å². The maximum absolute atomic E-state index is 12.5. The van der Waals surface area contributed by atoms with Crippen molar-refractivity contribution in [2.75, 3.05) is 25.0 Å². The van der Waals surface area contributed by atoms with Crippen LogP contribution in [0.4, 0.5) is 5.13 Å². The van der Waals surface area contributed by atoms with E-state index < -0.39 is 0 Å². The number of rotatable bonds is 6. The van der Waals surface area contributed by atoms with Crippen LogP contribution in [0.1, 0.15) is 39.5 Å². The number of fused-ring (bicyclic) bond motifs is 1. The molecule has 3 rings (SSSR count). The van der Waals surface area contributed by atoms with Crippen molar-refractivity contribution < 1.29 is 14.3 Å². The number of hydrogen-bond donors (Lipinski definition) is 1. The van der Waals surface area contributed by atoms with Gasteiger partial charge in [-0.2, -0.15) is 0 Å². The molecule has 6 nitrogen and oxygen atoms in total. The highest BCUT2D eigenvalue weighted by atomic mass is 32.1. The molecule has 0 unspecified atom stereocenters. The zero-order valence-corrected chi connectivity index (χ0v) is 16.1. The van der Waals surface area contributed by atoms with E-state index in [1.165, 1.54) is 11.3 Å². The number of ether oxygens (including phenoxy) is 1. The average molecular weight is 375 g/mol. The SMILES string of the molecule is CCCC(=O)N1CCC(C(=O)Nc2nc3ccc(OCC)cc3s2)CC1. The number of benzene rings is 1. The summed E-state index contributed by atoms with van der Waals surface area (Å²) in [6, 6.07) is 5.74. The first-order valence-corrected chi connectivity index (χ1v) is 10.0. The van der Waals surface area contributed by atoms with Gasteiger partial charge in [-0.15, -0.1) is 0 Å². The second-order valence-electron chi connectivity index (χ2n) is 6.48. The molecule has 2 aromatic rings. The average Bonchev–Trinajstić information content (AvgIpc) is 3.04. The van der Waals surface area contributed by atoms with Crippen LogP contribution in [0.3, 0.4) is 0 Å². The van der Waals surface area contributed by atoms with Gasteiger partial charge in [0.25, 0.3) is 0 Å². The Bertz CT molecular complexity index is 781. The van der Waals surface area contributed by atoms with Crippen LogP contribution in [-0.2, 0) is 9.59 Å². The Labute approximate surface area is 157 Å². The normalized spacial score (nSPS) is 15.2. The summed E-state index contributed by atoms with van der Waals surface area (Å²) in [5, 5.41) is 3.56. The van der Waals surface area contributed by atoms with E-state index in [2.05, 4.69) is 10.3 Å². The number of carbonyl (C=O) groups is 2. The number of piperidine rings is 1. The fourth-order valence-electron chi connectivity index (χ4n) is 3.19. The first kappa shape index (κ1) is 18.6. The maximum atomic E-state index is 12.5. The number of nitrogens with zero attached hydrogens (tertiary/aromatic N) is 2. The highest BCUT2D eigenvalue weighted by molar-refractivity contribution is 7.22. The van der Waals surface area contributed by atoms with Gasteiger partial charge in [-0.1, -0.05) is 18.3 Å². The number of aromatic nitrogens is 1. The fraction of sp³-hybridized carbons (Fsp3) is 0.526. The number of carbonyl (C=O) groups excluding carboxylic acids is 2. The van der Waals surface area contributed by atoms with Gasteiger partial charge in [-0.25, -0.2) is 4.98 Å². The van der Waals surface area contributed by atoms with Crippen molar-refractivity contribution in [1.82, 2.24) is 9.88 Å². The molecule has 1 saturated heterocycles. The molecule has 1 aliphatic rings. The topological polar surface area (TPSA) is 71.5 Å². The van der Waals surface area contributed by atoms with E-state index in [0.29, 0.717) is 44.1 Å². The summed E-state index contributed by atoms with van der Waals surface area (Å²) in [6.07, 6.45) is 2.87. The van der Waals surface area contributed by atoms with E-state index in [1.54, 1.807) is 0 Å². The molecular weight excluding hydrogens is 350 g/mol. The van der Waals surface area contributed by atoms with Gasteiger partial charge in [-0.3, -0.25) is 9.59 Å². The highest BCUT2D eigenvalue weighted by Gasteiger charge is 2.27. The van der Waals surface area contributed by atoms with E-state index >= 15 is 0 Å². The van der Waals surface area contributed by atoms with Gasteiger partial charge in [0, 0.05) is 25.4 Å². The van der Waals surface area contributed by atoms with Crippen molar-refractivity contribution in [1.29, 1.82) is 0 Å². The lowest BCUT2D eigenvalue weighted by atomic mass is 9.96. The summed E-state index contributed by atoms with van der Waals surface area (Å²) in [7, 11) is 0. The summed E-state index contributed by atoms with van der Waals surface area (Å²) < 4.78 is 6.50. The van der Waals surface area contributed by atoms with E-state index in [-0.39, 0.29) is 17.7 Å².